The average molecular weight is 342 g/mol. The maximum atomic E-state index is 12.4. The number of carbonyl (C=O) groups excluding carboxylic acids is 2. The number of carbonyl (C=O) groups is 2. The maximum Gasteiger partial charge on any atom is 0.255 e. The van der Waals surface area contributed by atoms with Crippen LogP contribution in [0.2, 0.25) is 0 Å². The highest BCUT2D eigenvalue weighted by atomic mass is 16.5. The fourth-order valence-electron chi connectivity index (χ4n) is 2.21. The van der Waals surface area contributed by atoms with Gasteiger partial charge in [0.15, 0.2) is 11.5 Å². The standard InChI is InChI=1S/C19H22N2O4/c1-12(2)25-16-10-7-14(11-17(16)24-4)19(23)21-15-8-5-13(6-9-15)18(22)20-3/h5-12H,1-4H3,(H,20,22)(H,21,23). The summed E-state index contributed by atoms with van der Waals surface area (Å²) in [5.74, 6) is 0.630. The molecular formula is C19H22N2O4. The molecule has 6 heteroatoms. The number of ether oxygens (including phenoxy) is 2. The van der Waals surface area contributed by atoms with Gasteiger partial charge in [-0.15, -0.1) is 0 Å². The Morgan fingerprint density at radius 1 is 0.920 bits per heavy atom. The molecule has 2 N–H and O–H groups in total. The fourth-order valence-corrected chi connectivity index (χ4v) is 2.21. The Kier molecular flexibility index (Phi) is 6.00. The first kappa shape index (κ1) is 18.3. The van der Waals surface area contributed by atoms with Crippen molar-refractivity contribution in [1.82, 2.24) is 5.32 Å². The largest absolute Gasteiger partial charge is 0.493 e. The van der Waals surface area contributed by atoms with Crippen LogP contribution in [0.3, 0.4) is 0 Å². The smallest absolute Gasteiger partial charge is 0.255 e. The van der Waals surface area contributed by atoms with Gasteiger partial charge in [-0.1, -0.05) is 0 Å². The lowest BCUT2D eigenvalue weighted by Crippen LogP contribution is -2.18. The van der Waals surface area contributed by atoms with Crippen molar-refractivity contribution >= 4 is 17.5 Å². The molecule has 0 aromatic heterocycles. The summed E-state index contributed by atoms with van der Waals surface area (Å²) < 4.78 is 10.9. The highest BCUT2D eigenvalue weighted by molar-refractivity contribution is 6.05. The van der Waals surface area contributed by atoms with Crippen molar-refractivity contribution in [3.05, 3.63) is 53.6 Å². The number of hydrogen-bond donors (Lipinski definition) is 2. The lowest BCUT2D eigenvalue weighted by Gasteiger charge is -2.14. The molecule has 0 unspecified atom stereocenters. The molecule has 2 rings (SSSR count). The van der Waals surface area contributed by atoms with E-state index in [1.165, 1.54) is 7.11 Å². The number of amides is 2. The van der Waals surface area contributed by atoms with E-state index in [0.717, 1.165) is 0 Å². The number of benzene rings is 2. The molecule has 0 saturated heterocycles. The van der Waals surface area contributed by atoms with Gasteiger partial charge in [0.2, 0.25) is 0 Å². The van der Waals surface area contributed by atoms with Crippen LogP contribution in [0.25, 0.3) is 0 Å². The van der Waals surface area contributed by atoms with E-state index < -0.39 is 0 Å². The molecule has 0 bridgehead atoms. The van der Waals surface area contributed by atoms with E-state index in [1.54, 1.807) is 49.5 Å². The molecule has 0 spiro atoms. The van der Waals surface area contributed by atoms with E-state index >= 15 is 0 Å². The van der Waals surface area contributed by atoms with Crippen molar-refractivity contribution in [3.63, 3.8) is 0 Å². The minimum atomic E-state index is -0.276. The van der Waals surface area contributed by atoms with Crippen molar-refractivity contribution < 1.29 is 19.1 Å². The zero-order valence-electron chi connectivity index (χ0n) is 14.8. The third kappa shape index (κ3) is 4.73. The summed E-state index contributed by atoms with van der Waals surface area (Å²) in [4.78, 5) is 23.9. The SMILES string of the molecule is CNC(=O)c1ccc(NC(=O)c2ccc(OC(C)C)c(OC)c2)cc1. The van der Waals surface area contributed by atoms with Gasteiger partial charge in [-0.2, -0.15) is 0 Å². The van der Waals surface area contributed by atoms with E-state index in [0.29, 0.717) is 28.3 Å². The van der Waals surface area contributed by atoms with Crippen LogP contribution in [0, 0.1) is 0 Å². The Labute approximate surface area is 147 Å². The molecule has 0 fully saturated rings. The van der Waals surface area contributed by atoms with E-state index in [4.69, 9.17) is 9.47 Å². The van der Waals surface area contributed by atoms with Gasteiger partial charge in [0.25, 0.3) is 11.8 Å². The van der Waals surface area contributed by atoms with Gasteiger partial charge in [0.1, 0.15) is 0 Å². The number of anilines is 1. The molecule has 0 heterocycles. The van der Waals surface area contributed by atoms with Crippen molar-refractivity contribution in [2.45, 2.75) is 20.0 Å². The molecule has 0 aliphatic carbocycles. The van der Waals surface area contributed by atoms with Crippen LogP contribution < -0.4 is 20.1 Å². The summed E-state index contributed by atoms with van der Waals surface area (Å²) >= 11 is 0. The van der Waals surface area contributed by atoms with Gasteiger partial charge >= 0.3 is 0 Å². The zero-order chi connectivity index (χ0) is 18.4. The topological polar surface area (TPSA) is 76.7 Å². The Morgan fingerprint density at radius 2 is 1.56 bits per heavy atom. The van der Waals surface area contributed by atoms with Crippen LogP contribution >= 0.6 is 0 Å². The molecule has 0 saturated carbocycles. The Balaban J connectivity index is 2.13. The van der Waals surface area contributed by atoms with Crippen LogP contribution in [0.5, 0.6) is 11.5 Å². The first-order valence-electron chi connectivity index (χ1n) is 7.92. The van der Waals surface area contributed by atoms with Crippen LogP contribution in [0.15, 0.2) is 42.5 Å². The van der Waals surface area contributed by atoms with Crippen molar-refractivity contribution in [1.29, 1.82) is 0 Å². The van der Waals surface area contributed by atoms with E-state index in [9.17, 15) is 9.59 Å². The van der Waals surface area contributed by atoms with E-state index in [2.05, 4.69) is 10.6 Å². The summed E-state index contributed by atoms with van der Waals surface area (Å²) in [6, 6.07) is 11.7. The van der Waals surface area contributed by atoms with Crippen LogP contribution in [-0.2, 0) is 0 Å². The molecule has 2 aromatic carbocycles. The first-order valence-corrected chi connectivity index (χ1v) is 7.92. The molecule has 25 heavy (non-hydrogen) atoms. The lowest BCUT2D eigenvalue weighted by molar-refractivity contribution is 0.0962. The summed E-state index contributed by atoms with van der Waals surface area (Å²) in [6.45, 7) is 3.84. The van der Waals surface area contributed by atoms with Gasteiger partial charge in [-0.25, -0.2) is 0 Å². The third-order valence-electron chi connectivity index (χ3n) is 3.42. The van der Waals surface area contributed by atoms with Gasteiger partial charge in [-0.05, 0) is 56.3 Å². The minimum Gasteiger partial charge on any atom is -0.493 e. The van der Waals surface area contributed by atoms with E-state index in [-0.39, 0.29) is 17.9 Å². The maximum absolute atomic E-state index is 12.4. The van der Waals surface area contributed by atoms with E-state index in [1.807, 2.05) is 13.8 Å². The fraction of sp³-hybridized carbons (Fsp3) is 0.263. The average Bonchev–Trinajstić information content (AvgIpc) is 2.61. The van der Waals surface area contributed by atoms with Crippen LogP contribution in [0.1, 0.15) is 34.6 Å². The normalized spacial score (nSPS) is 10.3. The quantitative estimate of drug-likeness (QED) is 0.846. The highest BCUT2D eigenvalue weighted by Gasteiger charge is 2.13. The number of rotatable bonds is 6. The second-order valence-electron chi connectivity index (χ2n) is 5.64. The molecule has 0 atom stereocenters. The lowest BCUT2D eigenvalue weighted by atomic mass is 10.1. The molecule has 2 amide bonds. The molecule has 6 nitrogen and oxygen atoms in total. The van der Waals surface area contributed by atoms with Crippen molar-refractivity contribution in [3.8, 4) is 11.5 Å². The number of nitrogens with one attached hydrogen (secondary N) is 2. The summed E-state index contributed by atoms with van der Waals surface area (Å²) in [5.41, 5.74) is 1.57. The second-order valence-corrected chi connectivity index (χ2v) is 5.64. The van der Waals surface area contributed by atoms with Gasteiger partial charge in [0, 0.05) is 23.9 Å². The monoisotopic (exact) mass is 342 g/mol. The minimum absolute atomic E-state index is 0.00686. The van der Waals surface area contributed by atoms with Crippen molar-refractivity contribution in [2.24, 2.45) is 0 Å². The van der Waals surface area contributed by atoms with Gasteiger partial charge < -0.3 is 20.1 Å². The molecule has 0 aliphatic rings. The number of hydrogen-bond acceptors (Lipinski definition) is 4. The molecule has 0 radical (unpaired) electrons. The number of methoxy groups -OCH3 is 1. The van der Waals surface area contributed by atoms with Gasteiger partial charge in [-0.3, -0.25) is 9.59 Å². The molecule has 132 valence electrons. The molecular weight excluding hydrogens is 320 g/mol. The Bertz CT molecular complexity index is 755. The summed E-state index contributed by atoms with van der Waals surface area (Å²) in [5, 5.41) is 5.33. The third-order valence-corrected chi connectivity index (χ3v) is 3.42. The molecule has 0 aliphatic heterocycles. The Morgan fingerprint density at radius 3 is 2.12 bits per heavy atom. The Hall–Kier alpha value is -3.02. The summed E-state index contributed by atoms with van der Waals surface area (Å²) in [7, 11) is 3.10. The first-order chi connectivity index (χ1) is 11.9. The van der Waals surface area contributed by atoms with Crippen LogP contribution in [-0.4, -0.2) is 32.1 Å². The van der Waals surface area contributed by atoms with Crippen molar-refractivity contribution in [2.75, 3.05) is 19.5 Å². The highest BCUT2D eigenvalue weighted by Crippen LogP contribution is 2.29. The van der Waals surface area contributed by atoms with Crippen LogP contribution in [0.4, 0.5) is 5.69 Å². The predicted octanol–water partition coefficient (Wildman–Crippen LogP) is 3.09. The summed E-state index contributed by atoms with van der Waals surface area (Å²) in [6.07, 6.45) is 0.00686. The second kappa shape index (κ2) is 8.19. The van der Waals surface area contributed by atoms with Gasteiger partial charge in [0.05, 0.1) is 13.2 Å². The predicted molar refractivity (Wildman–Crippen MR) is 96.5 cm³/mol. The zero-order valence-corrected chi connectivity index (χ0v) is 14.8. The molecule has 2 aromatic rings.